The first-order valence-electron chi connectivity index (χ1n) is 8.97. The topological polar surface area (TPSA) is 161 Å². The second kappa shape index (κ2) is 9.81. The molecule has 10 nitrogen and oxygen atoms in total. The van der Waals surface area contributed by atoms with Gasteiger partial charge in [0.05, 0.1) is 23.3 Å². The number of thioether (sulfide) groups is 1. The molecule has 2 amide bonds. The van der Waals surface area contributed by atoms with Gasteiger partial charge in [0.15, 0.2) is 0 Å². The molecular weight excluding hydrogens is 400 g/mol. The lowest BCUT2D eigenvalue weighted by atomic mass is 9.87. The van der Waals surface area contributed by atoms with Gasteiger partial charge in [-0.2, -0.15) is 5.10 Å². The second-order valence-electron chi connectivity index (χ2n) is 7.15. The summed E-state index contributed by atoms with van der Waals surface area (Å²) in [6, 6.07) is 0. The van der Waals surface area contributed by atoms with Gasteiger partial charge in [0.25, 0.3) is 0 Å². The first-order chi connectivity index (χ1) is 13.7. The summed E-state index contributed by atoms with van der Waals surface area (Å²) in [5, 5.41) is 30.3. The van der Waals surface area contributed by atoms with Crippen molar-refractivity contribution in [3.8, 4) is 0 Å². The van der Waals surface area contributed by atoms with E-state index in [0.717, 1.165) is 11.8 Å². The Hall–Kier alpha value is -2.50. The van der Waals surface area contributed by atoms with Crippen LogP contribution in [0.4, 0.5) is 0 Å². The molecule has 0 saturated carbocycles. The summed E-state index contributed by atoms with van der Waals surface area (Å²) in [7, 11) is 0. The van der Waals surface area contributed by atoms with E-state index in [4.69, 9.17) is 5.11 Å². The standard InChI is InChI=1S/C18H24N4O6S/c1-18(2,9-23)16(27)17(28)20-4-3-13(25)19-5-6-29-12-7-11(24)14-10(15(12)26)8-21-22-14/h7-8,16,23,27H,3-6,9H2,1-2H3,(H,19,25)(H,20,28)(H,21,22)/t16-/m0/s1. The highest BCUT2D eigenvalue weighted by Gasteiger charge is 2.32. The highest BCUT2D eigenvalue weighted by atomic mass is 32.2. The molecule has 1 aliphatic carbocycles. The number of hydrogen-bond acceptors (Lipinski definition) is 8. The van der Waals surface area contributed by atoms with Crippen LogP contribution in [0.25, 0.3) is 0 Å². The molecule has 2 rings (SSSR count). The minimum Gasteiger partial charge on any atom is -0.396 e. The average Bonchev–Trinajstić information content (AvgIpc) is 3.18. The summed E-state index contributed by atoms with van der Waals surface area (Å²) in [5.41, 5.74) is -0.554. The van der Waals surface area contributed by atoms with Crippen molar-refractivity contribution in [2.24, 2.45) is 5.41 Å². The molecule has 1 atom stereocenters. The number of hydrogen-bond donors (Lipinski definition) is 5. The van der Waals surface area contributed by atoms with Gasteiger partial charge >= 0.3 is 0 Å². The SMILES string of the molecule is CC(C)(CO)[C@@H](O)C(=O)NCCC(=O)NCCSC1=CC(=O)c2[nH]ncc2C1=O. The Morgan fingerprint density at radius 2 is 2.00 bits per heavy atom. The second-order valence-corrected chi connectivity index (χ2v) is 8.29. The van der Waals surface area contributed by atoms with Crippen molar-refractivity contribution >= 4 is 35.1 Å². The lowest BCUT2D eigenvalue weighted by Gasteiger charge is -2.27. The van der Waals surface area contributed by atoms with Crippen molar-refractivity contribution in [3.63, 3.8) is 0 Å². The lowest BCUT2D eigenvalue weighted by Crippen LogP contribution is -2.46. The third kappa shape index (κ3) is 5.75. The quantitative estimate of drug-likeness (QED) is 0.311. The number of H-pyrrole nitrogens is 1. The third-order valence-corrected chi connectivity index (χ3v) is 5.37. The van der Waals surface area contributed by atoms with Crippen LogP contribution in [0, 0.1) is 5.41 Å². The van der Waals surface area contributed by atoms with Crippen molar-refractivity contribution < 1.29 is 29.4 Å². The molecule has 0 fully saturated rings. The number of carbonyl (C=O) groups excluding carboxylic acids is 4. The first kappa shape index (κ1) is 22.8. The molecule has 0 aliphatic heterocycles. The van der Waals surface area contributed by atoms with E-state index in [2.05, 4.69) is 20.8 Å². The number of aliphatic hydroxyl groups is 2. The molecule has 0 aromatic carbocycles. The zero-order chi connectivity index (χ0) is 21.6. The molecule has 29 heavy (non-hydrogen) atoms. The largest absolute Gasteiger partial charge is 0.396 e. The fraction of sp³-hybridized carbons (Fsp3) is 0.500. The van der Waals surface area contributed by atoms with Gasteiger partial charge in [-0.1, -0.05) is 13.8 Å². The predicted octanol–water partition coefficient (Wildman–Crippen LogP) is -0.592. The number of fused-ring (bicyclic) bond motifs is 1. The van der Waals surface area contributed by atoms with Crippen molar-refractivity contribution in [2.45, 2.75) is 26.4 Å². The molecule has 1 aromatic heterocycles. The molecule has 11 heteroatoms. The average molecular weight is 424 g/mol. The van der Waals surface area contributed by atoms with E-state index < -0.39 is 17.4 Å². The number of aromatic nitrogens is 2. The maximum atomic E-state index is 12.2. The Morgan fingerprint density at radius 3 is 2.69 bits per heavy atom. The van der Waals surface area contributed by atoms with Gasteiger partial charge in [0, 0.05) is 36.8 Å². The molecule has 0 unspecified atom stereocenters. The molecule has 0 bridgehead atoms. The van der Waals surface area contributed by atoms with Gasteiger partial charge in [-0.05, 0) is 0 Å². The minimum atomic E-state index is -1.38. The maximum Gasteiger partial charge on any atom is 0.249 e. The molecule has 1 aliphatic rings. The molecule has 158 valence electrons. The molecule has 5 N–H and O–H groups in total. The van der Waals surface area contributed by atoms with Gasteiger partial charge in [-0.15, -0.1) is 11.8 Å². The van der Waals surface area contributed by atoms with E-state index >= 15 is 0 Å². The van der Waals surface area contributed by atoms with Crippen LogP contribution in [0.5, 0.6) is 0 Å². The van der Waals surface area contributed by atoms with Gasteiger partial charge < -0.3 is 20.8 Å². The number of aliphatic hydroxyl groups excluding tert-OH is 2. The van der Waals surface area contributed by atoms with Crippen LogP contribution in [0.2, 0.25) is 0 Å². The van der Waals surface area contributed by atoms with E-state index in [1.807, 2.05) is 0 Å². The van der Waals surface area contributed by atoms with Crippen LogP contribution in [-0.4, -0.2) is 75.3 Å². The van der Waals surface area contributed by atoms with Crippen LogP contribution in [0.1, 0.15) is 41.1 Å². The molecule has 0 radical (unpaired) electrons. The zero-order valence-corrected chi connectivity index (χ0v) is 17.0. The Morgan fingerprint density at radius 1 is 1.28 bits per heavy atom. The highest BCUT2D eigenvalue weighted by molar-refractivity contribution is 8.04. The van der Waals surface area contributed by atoms with Crippen molar-refractivity contribution in [1.29, 1.82) is 0 Å². The number of ketones is 2. The van der Waals surface area contributed by atoms with E-state index in [0.29, 0.717) is 10.7 Å². The highest BCUT2D eigenvalue weighted by Crippen LogP contribution is 2.26. The summed E-state index contributed by atoms with van der Waals surface area (Å²) in [6.45, 7) is 3.06. The van der Waals surface area contributed by atoms with E-state index in [1.165, 1.54) is 12.3 Å². The molecule has 1 aromatic rings. The minimum absolute atomic E-state index is 0.0151. The summed E-state index contributed by atoms with van der Waals surface area (Å²) in [5.74, 6) is -1.17. The number of aromatic amines is 1. The Balaban J connectivity index is 1.66. The van der Waals surface area contributed by atoms with Crippen LogP contribution in [0.15, 0.2) is 17.2 Å². The number of rotatable bonds is 10. The summed E-state index contributed by atoms with van der Waals surface area (Å²) in [6.07, 6.45) is 1.20. The van der Waals surface area contributed by atoms with Crippen LogP contribution >= 0.6 is 11.8 Å². The van der Waals surface area contributed by atoms with Crippen LogP contribution in [0.3, 0.4) is 0 Å². The normalized spacial score (nSPS) is 14.8. The Labute approximate surface area is 171 Å². The maximum absolute atomic E-state index is 12.2. The van der Waals surface area contributed by atoms with Gasteiger partial charge in [-0.3, -0.25) is 24.3 Å². The third-order valence-electron chi connectivity index (χ3n) is 4.35. The molecule has 0 spiro atoms. The van der Waals surface area contributed by atoms with Crippen LogP contribution in [-0.2, 0) is 9.59 Å². The van der Waals surface area contributed by atoms with Gasteiger partial charge in [0.1, 0.15) is 11.8 Å². The Bertz CT molecular complexity index is 832. The van der Waals surface area contributed by atoms with Crippen molar-refractivity contribution in [1.82, 2.24) is 20.8 Å². The monoisotopic (exact) mass is 424 g/mol. The number of Topliss-reactive ketones (excluding diaryl/α,β-unsaturated/α-hetero) is 1. The number of carbonyl (C=O) groups is 4. The predicted molar refractivity (Wildman–Crippen MR) is 105 cm³/mol. The van der Waals surface area contributed by atoms with Crippen molar-refractivity contribution in [3.05, 3.63) is 28.4 Å². The lowest BCUT2D eigenvalue weighted by molar-refractivity contribution is -0.137. The molecular formula is C18H24N4O6S. The van der Waals surface area contributed by atoms with E-state index in [9.17, 15) is 24.3 Å². The number of allylic oxidation sites excluding steroid dienone is 2. The summed E-state index contributed by atoms with van der Waals surface area (Å²) < 4.78 is 0. The zero-order valence-electron chi connectivity index (χ0n) is 16.2. The fourth-order valence-electron chi connectivity index (χ4n) is 2.42. The van der Waals surface area contributed by atoms with Crippen LogP contribution < -0.4 is 10.6 Å². The number of amides is 2. The van der Waals surface area contributed by atoms with E-state index in [-0.39, 0.29) is 54.8 Å². The first-order valence-corrected chi connectivity index (χ1v) is 9.96. The smallest absolute Gasteiger partial charge is 0.249 e. The molecule has 1 heterocycles. The summed E-state index contributed by atoms with van der Waals surface area (Å²) >= 11 is 1.16. The number of nitrogens with zero attached hydrogens (tertiary/aromatic N) is 1. The van der Waals surface area contributed by atoms with Gasteiger partial charge in [0.2, 0.25) is 23.4 Å². The van der Waals surface area contributed by atoms with E-state index in [1.54, 1.807) is 13.8 Å². The summed E-state index contributed by atoms with van der Waals surface area (Å²) in [4.78, 5) is 48.1. The fourth-order valence-corrected chi connectivity index (χ4v) is 3.28. The van der Waals surface area contributed by atoms with Gasteiger partial charge in [-0.25, -0.2) is 0 Å². The number of nitrogens with one attached hydrogen (secondary N) is 3. The van der Waals surface area contributed by atoms with Crippen molar-refractivity contribution in [2.75, 3.05) is 25.4 Å². The molecule has 0 saturated heterocycles. The Kier molecular flexibility index (Phi) is 7.71.